The number of hydrogen-bond acceptors (Lipinski definition) is 1. The van der Waals surface area contributed by atoms with E-state index in [1.54, 1.807) is 0 Å². The molecule has 0 radical (unpaired) electrons. The summed E-state index contributed by atoms with van der Waals surface area (Å²) in [5, 5.41) is 4.98. The molecule has 0 amide bonds. The summed E-state index contributed by atoms with van der Waals surface area (Å²) in [6.45, 7) is 4.48. The van der Waals surface area contributed by atoms with Gasteiger partial charge in [0.05, 0.1) is 0 Å². The number of nitrogens with one attached hydrogen (secondary N) is 2. The number of aromatic nitrogens is 1. The van der Waals surface area contributed by atoms with Crippen LogP contribution < -0.4 is 5.32 Å². The topological polar surface area (TPSA) is 27.8 Å². The minimum Gasteiger partial charge on any atom is -0.361 e. The van der Waals surface area contributed by atoms with Gasteiger partial charge in [-0.05, 0) is 69.7 Å². The fraction of sp³-hybridized carbons (Fsp3) is 0.571. The van der Waals surface area contributed by atoms with Gasteiger partial charge in [0.15, 0.2) is 0 Å². The van der Waals surface area contributed by atoms with Crippen LogP contribution in [0.1, 0.15) is 89.5 Å². The van der Waals surface area contributed by atoms with Gasteiger partial charge < -0.3 is 10.3 Å². The maximum absolute atomic E-state index is 3.61. The Morgan fingerprint density at radius 3 is 2.27 bits per heavy atom. The van der Waals surface area contributed by atoms with E-state index in [4.69, 9.17) is 0 Å². The summed E-state index contributed by atoms with van der Waals surface area (Å²) in [5.41, 5.74) is 2.67. The zero-order chi connectivity index (χ0) is 21.1. The van der Waals surface area contributed by atoms with Gasteiger partial charge in [-0.2, -0.15) is 0 Å². The van der Waals surface area contributed by atoms with Crippen molar-refractivity contribution in [2.24, 2.45) is 0 Å². The summed E-state index contributed by atoms with van der Waals surface area (Å²) >= 11 is 0. The molecule has 1 aromatic carbocycles. The molecule has 2 N–H and O–H groups in total. The smallest absolute Gasteiger partial charge is 0.0456 e. The van der Waals surface area contributed by atoms with E-state index in [1.165, 1.54) is 87.1 Å². The summed E-state index contributed by atoms with van der Waals surface area (Å²) in [6.07, 6.45) is 28.4. The van der Waals surface area contributed by atoms with E-state index < -0.39 is 0 Å². The molecule has 2 heteroatoms. The molecule has 2 rings (SSSR count). The van der Waals surface area contributed by atoms with Crippen LogP contribution in [-0.2, 0) is 6.42 Å². The van der Waals surface area contributed by atoms with Gasteiger partial charge >= 0.3 is 0 Å². The SMILES string of the molecule is CCCCC/C=C\C/C=C\CCCCCCCCNCCc1c[nH]c2ccccc12. The van der Waals surface area contributed by atoms with Crippen molar-refractivity contribution in [2.75, 3.05) is 13.1 Å². The number of benzene rings is 1. The van der Waals surface area contributed by atoms with Crippen LogP contribution in [0.15, 0.2) is 54.8 Å². The number of H-pyrrole nitrogens is 1. The van der Waals surface area contributed by atoms with Crippen LogP contribution >= 0.6 is 0 Å². The second-order valence-corrected chi connectivity index (χ2v) is 8.44. The molecule has 2 aromatic rings. The number of para-hydroxylation sites is 1. The van der Waals surface area contributed by atoms with Gasteiger partial charge in [0.25, 0.3) is 0 Å². The first-order chi connectivity index (χ1) is 14.9. The van der Waals surface area contributed by atoms with E-state index in [-0.39, 0.29) is 0 Å². The molecular formula is C28H44N2. The molecule has 0 saturated heterocycles. The van der Waals surface area contributed by atoms with Crippen LogP contribution in [-0.4, -0.2) is 18.1 Å². The van der Waals surface area contributed by atoms with Crippen molar-refractivity contribution in [3.05, 3.63) is 60.3 Å². The molecule has 0 fully saturated rings. The summed E-state index contributed by atoms with van der Waals surface area (Å²) in [5.74, 6) is 0. The van der Waals surface area contributed by atoms with E-state index in [0.717, 1.165) is 25.9 Å². The normalized spacial score (nSPS) is 12.0. The molecule has 1 aromatic heterocycles. The predicted octanol–water partition coefficient (Wildman–Crippen LogP) is 8.11. The molecule has 0 spiro atoms. The Kier molecular flexibility index (Phi) is 13.8. The quantitative estimate of drug-likeness (QED) is 0.189. The molecule has 30 heavy (non-hydrogen) atoms. The number of hydrogen-bond donors (Lipinski definition) is 2. The third kappa shape index (κ3) is 10.8. The molecule has 0 unspecified atom stereocenters. The Morgan fingerprint density at radius 1 is 0.767 bits per heavy atom. The van der Waals surface area contributed by atoms with Crippen molar-refractivity contribution in [3.63, 3.8) is 0 Å². The molecule has 0 atom stereocenters. The van der Waals surface area contributed by atoms with Gasteiger partial charge in [0.2, 0.25) is 0 Å². The Bertz CT molecular complexity index is 710. The third-order valence-electron chi connectivity index (χ3n) is 5.80. The van der Waals surface area contributed by atoms with E-state index in [9.17, 15) is 0 Å². The molecule has 0 bridgehead atoms. The maximum Gasteiger partial charge on any atom is 0.0456 e. The lowest BCUT2D eigenvalue weighted by Crippen LogP contribution is -2.18. The minimum absolute atomic E-state index is 1.07. The zero-order valence-corrected chi connectivity index (χ0v) is 19.3. The van der Waals surface area contributed by atoms with E-state index >= 15 is 0 Å². The number of rotatable bonds is 18. The summed E-state index contributed by atoms with van der Waals surface area (Å²) < 4.78 is 0. The molecule has 0 aliphatic heterocycles. The standard InChI is InChI=1S/C28H44N2/c1-2-3-4-5-6-7-8-9-10-11-12-13-14-15-16-19-23-29-24-22-26-25-30-28-21-18-17-20-27(26)28/h6-7,9-10,17-18,20-21,25,29-30H,2-5,8,11-16,19,22-24H2,1H3/b7-6-,10-9-. The Labute approximate surface area is 185 Å². The van der Waals surface area contributed by atoms with Gasteiger partial charge in [-0.15, -0.1) is 0 Å². The van der Waals surface area contributed by atoms with Crippen LogP contribution in [0.5, 0.6) is 0 Å². The molecule has 0 aliphatic carbocycles. The molecule has 0 saturated carbocycles. The van der Waals surface area contributed by atoms with Crippen LogP contribution in [0.4, 0.5) is 0 Å². The molecule has 0 aliphatic rings. The maximum atomic E-state index is 3.61. The van der Waals surface area contributed by atoms with Crippen molar-refractivity contribution >= 4 is 10.9 Å². The Balaban J connectivity index is 1.33. The predicted molar refractivity (Wildman–Crippen MR) is 134 cm³/mol. The first-order valence-corrected chi connectivity index (χ1v) is 12.5. The minimum atomic E-state index is 1.07. The number of allylic oxidation sites excluding steroid dienone is 4. The molecular weight excluding hydrogens is 364 g/mol. The number of aromatic amines is 1. The van der Waals surface area contributed by atoms with Gasteiger partial charge in [-0.25, -0.2) is 0 Å². The van der Waals surface area contributed by atoms with Crippen molar-refractivity contribution in [1.29, 1.82) is 0 Å². The van der Waals surface area contributed by atoms with Crippen LogP contribution in [0.3, 0.4) is 0 Å². The van der Waals surface area contributed by atoms with Crippen molar-refractivity contribution < 1.29 is 0 Å². The zero-order valence-electron chi connectivity index (χ0n) is 19.3. The molecule has 1 heterocycles. The average Bonchev–Trinajstić information content (AvgIpc) is 3.18. The largest absolute Gasteiger partial charge is 0.361 e. The highest BCUT2D eigenvalue weighted by Crippen LogP contribution is 2.17. The monoisotopic (exact) mass is 408 g/mol. The van der Waals surface area contributed by atoms with E-state index in [0.29, 0.717) is 0 Å². The first kappa shape index (κ1) is 24.5. The lowest BCUT2D eigenvalue weighted by molar-refractivity contribution is 0.567. The highest BCUT2D eigenvalue weighted by Gasteiger charge is 2.01. The summed E-state index contributed by atoms with van der Waals surface area (Å²) in [6, 6.07) is 8.57. The Hall–Kier alpha value is -1.80. The lowest BCUT2D eigenvalue weighted by Gasteiger charge is -2.05. The van der Waals surface area contributed by atoms with Gasteiger partial charge in [-0.3, -0.25) is 0 Å². The fourth-order valence-electron chi connectivity index (χ4n) is 3.92. The second-order valence-electron chi connectivity index (χ2n) is 8.44. The summed E-state index contributed by atoms with van der Waals surface area (Å²) in [7, 11) is 0. The van der Waals surface area contributed by atoms with Gasteiger partial charge in [-0.1, -0.05) is 88.0 Å². The highest BCUT2D eigenvalue weighted by molar-refractivity contribution is 5.83. The highest BCUT2D eigenvalue weighted by atomic mass is 14.8. The lowest BCUT2D eigenvalue weighted by atomic mass is 10.1. The average molecular weight is 409 g/mol. The van der Waals surface area contributed by atoms with E-state index in [1.807, 2.05) is 0 Å². The summed E-state index contributed by atoms with van der Waals surface area (Å²) in [4.78, 5) is 3.36. The van der Waals surface area contributed by atoms with Crippen LogP contribution in [0.25, 0.3) is 10.9 Å². The van der Waals surface area contributed by atoms with Gasteiger partial charge in [0.1, 0.15) is 0 Å². The van der Waals surface area contributed by atoms with Crippen LogP contribution in [0.2, 0.25) is 0 Å². The van der Waals surface area contributed by atoms with E-state index in [2.05, 4.69) is 72.0 Å². The molecule has 166 valence electrons. The first-order valence-electron chi connectivity index (χ1n) is 12.5. The number of unbranched alkanes of at least 4 members (excludes halogenated alkanes) is 9. The third-order valence-corrected chi connectivity index (χ3v) is 5.80. The van der Waals surface area contributed by atoms with Crippen molar-refractivity contribution in [2.45, 2.75) is 90.4 Å². The van der Waals surface area contributed by atoms with Crippen molar-refractivity contribution in [1.82, 2.24) is 10.3 Å². The van der Waals surface area contributed by atoms with Gasteiger partial charge in [0, 0.05) is 17.1 Å². The number of fused-ring (bicyclic) bond motifs is 1. The fourth-order valence-corrected chi connectivity index (χ4v) is 3.92. The Morgan fingerprint density at radius 2 is 1.47 bits per heavy atom. The van der Waals surface area contributed by atoms with Crippen LogP contribution in [0, 0.1) is 0 Å². The molecule has 2 nitrogen and oxygen atoms in total. The second kappa shape index (κ2) is 16.9. The van der Waals surface area contributed by atoms with Crippen molar-refractivity contribution in [3.8, 4) is 0 Å².